The SMILES string of the molecule is COc1nc2ccccc2n1C(=O)NCCCCc1ccccc1. The van der Waals surface area contributed by atoms with Crippen molar-refractivity contribution in [2.45, 2.75) is 19.3 Å². The number of aromatic nitrogens is 2. The van der Waals surface area contributed by atoms with Crippen LogP contribution in [0.4, 0.5) is 4.79 Å². The van der Waals surface area contributed by atoms with Gasteiger partial charge in [-0.15, -0.1) is 0 Å². The summed E-state index contributed by atoms with van der Waals surface area (Å²) in [7, 11) is 1.52. The third-order valence-corrected chi connectivity index (χ3v) is 3.93. The first-order valence-corrected chi connectivity index (χ1v) is 8.13. The summed E-state index contributed by atoms with van der Waals surface area (Å²) in [6.07, 6.45) is 2.98. The number of hydrogen-bond donors (Lipinski definition) is 1. The van der Waals surface area contributed by atoms with Crippen molar-refractivity contribution in [2.75, 3.05) is 13.7 Å². The van der Waals surface area contributed by atoms with Gasteiger partial charge in [-0.05, 0) is 37.0 Å². The van der Waals surface area contributed by atoms with Crippen LogP contribution in [0.1, 0.15) is 18.4 Å². The summed E-state index contributed by atoms with van der Waals surface area (Å²) >= 11 is 0. The van der Waals surface area contributed by atoms with Crippen LogP contribution in [0.2, 0.25) is 0 Å². The fourth-order valence-electron chi connectivity index (χ4n) is 2.71. The van der Waals surface area contributed by atoms with Crippen molar-refractivity contribution in [3.05, 3.63) is 60.2 Å². The van der Waals surface area contributed by atoms with Crippen LogP contribution < -0.4 is 10.1 Å². The van der Waals surface area contributed by atoms with Gasteiger partial charge in [-0.3, -0.25) is 0 Å². The number of aryl methyl sites for hydroxylation is 1. The number of unbranched alkanes of at least 4 members (excludes halogenated alkanes) is 1. The highest BCUT2D eigenvalue weighted by molar-refractivity contribution is 5.90. The molecular formula is C19H21N3O2. The minimum Gasteiger partial charge on any atom is -0.468 e. The van der Waals surface area contributed by atoms with E-state index in [0.717, 1.165) is 30.3 Å². The highest BCUT2D eigenvalue weighted by atomic mass is 16.5. The Labute approximate surface area is 141 Å². The number of methoxy groups -OCH3 is 1. The van der Waals surface area contributed by atoms with E-state index in [4.69, 9.17) is 4.74 Å². The number of amides is 1. The first-order valence-electron chi connectivity index (χ1n) is 8.13. The number of benzene rings is 2. The molecule has 3 aromatic rings. The average molecular weight is 323 g/mol. The molecule has 5 nitrogen and oxygen atoms in total. The second-order valence-electron chi connectivity index (χ2n) is 5.60. The molecule has 0 saturated carbocycles. The number of rotatable bonds is 6. The summed E-state index contributed by atoms with van der Waals surface area (Å²) in [5, 5.41) is 2.94. The van der Waals surface area contributed by atoms with Gasteiger partial charge in [-0.1, -0.05) is 42.5 Å². The fourth-order valence-corrected chi connectivity index (χ4v) is 2.71. The third kappa shape index (κ3) is 3.56. The average Bonchev–Trinajstić information content (AvgIpc) is 3.01. The van der Waals surface area contributed by atoms with Crippen molar-refractivity contribution in [1.29, 1.82) is 0 Å². The Bertz CT molecular complexity index is 812. The number of imidazole rings is 1. The largest absolute Gasteiger partial charge is 0.468 e. The molecule has 24 heavy (non-hydrogen) atoms. The zero-order chi connectivity index (χ0) is 16.8. The van der Waals surface area contributed by atoms with Gasteiger partial charge in [0, 0.05) is 6.54 Å². The monoisotopic (exact) mass is 323 g/mol. The van der Waals surface area contributed by atoms with Crippen LogP contribution in [0.15, 0.2) is 54.6 Å². The van der Waals surface area contributed by atoms with Gasteiger partial charge in [-0.2, -0.15) is 4.98 Å². The smallest absolute Gasteiger partial charge is 0.330 e. The summed E-state index contributed by atoms with van der Waals surface area (Å²) in [5.41, 5.74) is 2.82. The molecule has 0 aliphatic heterocycles. The topological polar surface area (TPSA) is 56.2 Å². The maximum Gasteiger partial charge on any atom is 0.330 e. The van der Waals surface area contributed by atoms with E-state index in [9.17, 15) is 4.79 Å². The maximum atomic E-state index is 12.5. The molecule has 5 heteroatoms. The molecule has 0 spiro atoms. The highest BCUT2D eigenvalue weighted by Gasteiger charge is 2.16. The van der Waals surface area contributed by atoms with Crippen molar-refractivity contribution >= 4 is 17.1 Å². The number of fused-ring (bicyclic) bond motifs is 1. The number of hydrogen-bond acceptors (Lipinski definition) is 3. The minimum absolute atomic E-state index is 0.208. The number of carbonyl (C=O) groups excluding carboxylic acids is 1. The Morgan fingerprint density at radius 3 is 2.62 bits per heavy atom. The van der Waals surface area contributed by atoms with E-state index in [2.05, 4.69) is 22.4 Å². The van der Waals surface area contributed by atoms with Crippen molar-refractivity contribution in [3.8, 4) is 6.01 Å². The van der Waals surface area contributed by atoms with Gasteiger partial charge in [0.25, 0.3) is 0 Å². The van der Waals surface area contributed by atoms with Crippen LogP contribution in [0.3, 0.4) is 0 Å². The molecule has 0 aliphatic carbocycles. The Morgan fingerprint density at radius 2 is 1.83 bits per heavy atom. The normalized spacial score (nSPS) is 10.7. The molecule has 0 aliphatic rings. The van der Waals surface area contributed by atoms with Gasteiger partial charge < -0.3 is 10.1 Å². The van der Waals surface area contributed by atoms with Crippen molar-refractivity contribution in [3.63, 3.8) is 0 Å². The standard InChI is InChI=1S/C19H21N3O2/c1-24-19-21-16-12-5-6-13-17(16)22(19)18(23)20-14-8-7-11-15-9-3-2-4-10-15/h2-6,9-10,12-13H,7-8,11,14H2,1H3,(H,20,23). The molecule has 0 radical (unpaired) electrons. The summed E-state index contributed by atoms with van der Waals surface area (Å²) in [5.74, 6) is 0. The first kappa shape index (κ1) is 16.1. The number of nitrogens with one attached hydrogen (secondary N) is 1. The summed E-state index contributed by atoms with van der Waals surface area (Å²) in [6, 6.07) is 18.0. The number of carbonyl (C=O) groups is 1. The van der Waals surface area contributed by atoms with E-state index < -0.39 is 0 Å². The molecule has 0 unspecified atom stereocenters. The van der Waals surface area contributed by atoms with Crippen LogP contribution in [0.5, 0.6) is 6.01 Å². The van der Waals surface area contributed by atoms with Gasteiger partial charge in [-0.25, -0.2) is 9.36 Å². The zero-order valence-corrected chi connectivity index (χ0v) is 13.7. The van der Waals surface area contributed by atoms with E-state index in [0.29, 0.717) is 12.6 Å². The molecule has 1 N–H and O–H groups in total. The zero-order valence-electron chi connectivity index (χ0n) is 13.7. The molecule has 2 aromatic carbocycles. The third-order valence-electron chi connectivity index (χ3n) is 3.93. The van der Waals surface area contributed by atoms with Crippen LogP contribution in [0, 0.1) is 0 Å². The molecule has 0 saturated heterocycles. The lowest BCUT2D eigenvalue weighted by Gasteiger charge is -2.08. The Kier molecular flexibility index (Phi) is 5.11. The van der Waals surface area contributed by atoms with Crippen LogP contribution in [0.25, 0.3) is 11.0 Å². The van der Waals surface area contributed by atoms with Gasteiger partial charge in [0.15, 0.2) is 0 Å². The van der Waals surface area contributed by atoms with Crippen molar-refractivity contribution < 1.29 is 9.53 Å². The van der Waals surface area contributed by atoms with Crippen LogP contribution in [-0.4, -0.2) is 29.2 Å². The lowest BCUT2D eigenvalue weighted by atomic mass is 10.1. The van der Waals surface area contributed by atoms with Crippen molar-refractivity contribution in [2.24, 2.45) is 0 Å². The Balaban J connectivity index is 1.55. The highest BCUT2D eigenvalue weighted by Crippen LogP contribution is 2.20. The predicted molar refractivity (Wildman–Crippen MR) is 94.5 cm³/mol. The number of para-hydroxylation sites is 2. The minimum atomic E-state index is -0.208. The summed E-state index contributed by atoms with van der Waals surface area (Å²) in [4.78, 5) is 16.8. The van der Waals surface area contributed by atoms with E-state index in [1.54, 1.807) is 0 Å². The quantitative estimate of drug-likeness (QED) is 0.705. The Hall–Kier alpha value is -2.82. The molecule has 1 heterocycles. The second-order valence-corrected chi connectivity index (χ2v) is 5.60. The lowest BCUT2D eigenvalue weighted by molar-refractivity contribution is 0.239. The van der Waals surface area contributed by atoms with Gasteiger partial charge >= 0.3 is 12.0 Å². The second kappa shape index (κ2) is 7.64. The van der Waals surface area contributed by atoms with Gasteiger partial charge in [0.1, 0.15) is 0 Å². The molecular weight excluding hydrogens is 302 g/mol. The van der Waals surface area contributed by atoms with E-state index in [1.165, 1.54) is 17.2 Å². The van der Waals surface area contributed by atoms with Gasteiger partial charge in [0.2, 0.25) is 0 Å². The molecule has 3 rings (SSSR count). The van der Waals surface area contributed by atoms with Gasteiger partial charge in [0.05, 0.1) is 18.1 Å². The summed E-state index contributed by atoms with van der Waals surface area (Å²) in [6.45, 7) is 0.626. The lowest BCUT2D eigenvalue weighted by Crippen LogP contribution is -2.29. The number of nitrogens with zero attached hydrogens (tertiary/aromatic N) is 2. The molecule has 1 aromatic heterocycles. The molecule has 0 bridgehead atoms. The Morgan fingerprint density at radius 1 is 1.08 bits per heavy atom. The van der Waals surface area contributed by atoms with E-state index in [1.807, 2.05) is 42.5 Å². The fraction of sp³-hybridized carbons (Fsp3) is 0.263. The van der Waals surface area contributed by atoms with Crippen molar-refractivity contribution in [1.82, 2.24) is 14.9 Å². The van der Waals surface area contributed by atoms with Crippen LogP contribution >= 0.6 is 0 Å². The molecule has 1 amide bonds. The molecule has 124 valence electrons. The number of ether oxygens (including phenoxy) is 1. The maximum absolute atomic E-state index is 12.5. The predicted octanol–water partition coefficient (Wildman–Crippen LogP) is 3.63. The molecule has 0 fully saturated rings. The van der Waals surface area contributed by atoms with Crippen LogP contribution in [-0.2, 0) is 6.42 Å². The summed E-state index contributed by atoms with van der Waals surface area (Å²) < 4.78 is 6.71. The van der Waals surface area contributed by atoms with E-state index in [-0.39, 0.29) is 6.03 Å². The first-order chi connectivity index (χ1) is 11.8. The van der Waals surface area contributed by atoms with E-state index >= 15 is 0 Å². The molecule has 0 atom stereocenters.